The summed E-state index contributed by atoms with van der Waals surface area (Å²) in [5.74, 6) is 0.185. The summed E-state index contributed by atoms with van der Waals surface area (Å²) in [5, 5.41) is 1.23. The Morgan fingerprint density at radius 2 is 1.72 bits per heavy atom. The van der Waals surface area contributed by atoms with E-state index in [9.17, 15) is 9.18 Å². The second-order valence-corrected chi connectivity index (χ2v) is 8.35. The third-order valence-electron chi connectivity index (χ3n) is 4.78. The van der Waals surface area contributed by atoms with Gasteiger partial charge < -0.3 is 4.74 Å². The van der Waals surface area contributed by atoms with Crippen LogP contribution < -0.4 is 4.74 Å². The van der Waals surface area contributed by atoms with Crippen molar-refractivity contribution in [2.75, 3.05) is 0 Å². The van der Waals surface area contributed by atoms with E-state index in [0.717, 1.165) is 15.6 Å². The molecule has 5 heteroatoms. The number of carbonyl (C=O) groups is 1. The molecule has 29 heavy (non-hydrogen) atoms. The van der Waals surface area contributed by atoms with Gasteiger partial charge >= 0.3 is 0 Å². The van der Waals surface area contributed by atoms with Crippen LogP contribution in [0.15, 0.2) is 60.7 Å². The standard InChI is InChI=1S/C24H18ClFO2S/c1-14-10-17(26)11-15(2)21(14)23(27)24-22(25)19-9-8-18(12-20(19)29-24)28-13-16-6-4-3-5-7-16/h3-12H,13H2,1-2H3. The van der Waals surface area contributed by atoms with Crippen molar-refractivity contribution in [2.45, 2.75) is 20.5 Å². The van der Waals surface area contributed by atoms with Crippen LogP contribution in [-0.4, -0.2) is 5.78 Å². The Kier molecular flexibility index (Phi) is 5.39. The van der Waals surface area contributed by atoms with E-state index in [0.29, 0.717) is 38.9 Å². The first kappa shape index (κ1) is 19.6. The second-order valence-electron chi connectivity index (χ2n) is 6.92. The maximum atomic E-state index is 13.6. The Morgan fingerprint density at radius 1 is 1.03 bits per heavy atom. The van der Waals surface area contributed by atoms with Gasteiger partial charge in [0.15, 0.2) is 0 Å². The van der Waals surface area contributed by atoms with E-state index in [1.165, 1.54) is 23.5 Å². The summed E-state index contributed by atoms with van der Waals surface area (Å²) in [6, 6.07) is 18.3. The molecule has 1 aromatic heterocycles. The lowest BCUT2D eigenvalue weighted by molar-refractivity contribution is 0.104. The lowest BCUT2D eigenvalue weighted by Gasteiger charge is -2.08. The molecule has 4 rings (SSSR count). The summed E-state index contributed by atoms with van der Waals surface area (Å²) < 4.78 is 20.4. The smallest absolute Gasteiger partial charge is 0.205 e. The van der Waals surface area contributed by atoms with Crippen molar-refractivity contribution in [3.05, 3.63) is 98.6 Å². The average Bonchev–Trinajstić information content (AvgIpc) is 3.02. The SMILES string of the molecule is Cc1cc(F)cc(C)c1C(=O)c1sc2cc(OCc3ccccc3)ccc2c1Cl. The van der Waals surface area contributed by atoms with E-state index in [2.05, 4.69) is 0 Å². The van der Waals surface area contributed by atoms with Crippen LogP contribution in [0, 0.1) is 19.7 Å². The molecule has 0 amide bonds. The maximum absolute atomic E-state index is 13.6. The van der Waals surface area contributed by atoms with Crippen LogP contribution in [0.25, 0.3) is 10.1 Å². The zero-order valence-corrected chi connectivity index (χ0v) is 17.5. The van der Waals surface area contributed by atoms with Gasteiger partial charge in [-0.25, -0.2) is 4.39 Å². The fourth-order valence-corrected chi connectivity index (χ4v) is 4.90. The molecule has 146 valence electrons. The monoisotopic (exact) mass is 424 g/mol. The largest absolute Gasteiger partial charge is 0.489 e. The first-order valence-corrected chi connectivity index (χ1v) is 10.3. The van der Waals surface area contributed by atoms with Crippen molar-refractivity contribution >= 4 is 38.8 Å². The number of fused-ring (bicyclic) bond motifs is 1. The molecule has 0 aliphatic rings. The Labute approximate surface area is 177 Å². The Hall–Kier alpha value is -2.69. The summed E-state index contributed by atoms with van der Waals surface area (Å²) in [7, 11) is 0. The van der Waals surface area contributed by atoms with Crippen LogP contribution in [0.3, 0.4) is 0 Å². The molecule has 3 aromatic carbocycles. The number of hydrogen-bond donors (Lipinski definition) is 0. The van der Waals surface area contributed by atoms with Gasteiger partial charge in [-0.05, 0) is 60.9 Å². The molecule has 0 aliphatic heterocycles. The normalized spacial score (nSPS) is 11.0. The number of benzene rings is 3. The van der Waals surface area contributed by atoms with Crippen molar-refractivity contribution in [2.24, 2.45) is 0 Å². The summed E-state index contributed by atoms with van der Waals surface area (Å²) in [6.45, 7) is 3.94. The maximum Gasteiger partial charge on any atom is 0.205 e. The van der Waals surface area contributed by atoms with Crippen LogP contribution in [0.2, 0.25) is 5.02 Å². The number of rotatable bonds is 5. The summed E-state index contributed by atoms with van der Waals surface area (Å²) in [6.07, 6.45) is 0. The number of carbonyl (C=O) groups excluding carboxylic acids is 1. The molecule has 4 aromatic rings. The topological polar surface area (TPSA) is 26.3 Å². The first-order valence-electron chi connectivity index (χ1n) is 9.14. The minimum atomic E-state index is -0.348. The molecule has 1 heterocycles. The number of ether oxygens (including phenoxy) is 1. The number of halogens is 2. The van der Waals surface area contributed by atoms with Gasteiger partial charge in [0.05, 0.1) is 9.90 Å². The molecule has 0 aliphatic carbocycles. The lowest BCUT2D eigenvalue weighted by Crippen LogP contribution is -2.05. The molecule has 0 fully saturated rings. The Morgan fingerprint density at radius 3 is 2.41 bits per heavy atom. The predicted octanol–water partition coefficient (Wildman–Crippen LogP) is 7.12. The van der Waals surface area contributed by atoms with Gasteiger partial charge in [0.2, 0.25) is 5.78 Å². The number of hydrogen-bond acceptors (Lipinski definition) is 3. The van der Waals surface area contributed by atoms with Crippen LogP contribution in [0.5, 0.6) is 5.75 Å². The zero-order valence-electron chi connectivity index (χ0n) is 16.0. The third-order valence-corrected chi connectivity index (χ3v) is 6.44. The number of ketones is 1. The van der Waals surface area contributed by atoms with Gasteiger partial charge in [0.25, 0.3) is 0 Å². The van der Waals surface area contributed by atoms with Crippen molar-refractivity contribution < 1.29 is 13.9 Å². The van der Waals surface area contributed by atoms with Crippen LogP contribution >= 0.6 is 22.9 Å². The highest BCUT2D eigenvalue weighted by molar-refractivity contribution is 7.21. The van der Waals surface area contributed by atoms with E-state index >= 15 is 0 Å². The summed E-state index contributed by atoms with van der Waals surface area (Å²) in [5.41, 5.74) is 2.79. The molecular weight excluding hydrogens is 407 g/mol. The van der Waals surface area contributed by atoms with E-state index in [-0.39, 0.29) is 11.6 Å². The van der Waals surface area contributed by atoms with Crippen molar-refractivity contribution in [3.8, 4) is 5.75 Å². The summed E-state index contributed by atoms with van der Waals surface area (Å²) in [4.78, 5) is 13.6. The van der Waals surface area contributed by atoms with E-state index < -0.39 is 0 Å². The molecule has 0 saturated carbocycles. The predicted molar refractivity (Wildman–Crippen MR) is 117 cm³/mol. The Bertz CT molecular complexity index is 1190. The molecule has 2 nitrogen and oxygen atoms in total. The fourth-order valence-electron chi connectivity index (χ4n) is 3.40. The third kappa shape index (κ3) is 3.91. The highest BCUT2D eigenvalue weighted by Crippen LogP contribution is 2.39. The van der Waals surface area contributed by atoms with Crippen LogP contribution in [-0.2, 0) is 6.61 Å². The molecule has 0 N–H and O–H groups in total. The van der Waals surface area contributed by atoms with Gasteiger partial charge in [-0.2, -0.15) is 0 Å². The lowest BCUT2D eigenvalue weighted by atomic mass is 9.98. The molecule has 0 radical (unpaired) electrons. The van der Waals surface area contributed by atoms with Crippen molar-refractivity contribution in [1.29, 1.82) is 0 Å². The molecular formula is C24H18ClFO2S. The van der Waals surface area contributed by atoms with Crippen LogP contribution in [0.1, 0.15) is 31.9 Å². The van der Waals surface area contributed by atoms with Crippen LogP contribution in [0.4, 0.5) is 4.39 Å². The highest BCUT2D eigenvalue weighted by atomic mass is 35.5. The summed E-state index contributed by atoms with van der Waals surface area (Å²) >= 11 is 7.87. The average molecular weight is 425 g/mol. The van der Waals surface area contributed by atoms with E-state index in [4.69, 9.17) is 16.3 Å². The molecule has 0 spiro atoms. The number of aryl methyl sites for hydroxylation is 2. The Balaban J connectivity index is 1.66. The quantitative estimate of drug-likeness (QED) is 0.319. The van der Waals surface area contributed by atoms with Gasteiger partial charge in [0.1, 0.15) is 18.2 Å². The first-order chi connectivity index (χ1) is 13.9. The molecule has 0 bridgehead atoms. The zero-order chi connectivity index (χ0) is 20.5. The van der Waals surface area contributed by atoms with Gasteiger partial charge in [-0.3, -0.25) is 4.79 Å². The fraction of sp³-hybridized carbons (Fsp3) is 0.125. The van der Waals surface area contributed by atoms with E-state index in [1.807, 2.05) is 48.5 Å². The number of thiophene rings is 1. The van der Waals surface area contributed by atoms with E-state index in [1.54, 1.807) is 13.8 Å². The second kappa shape index (κ2) is 7.97. The van der Waals surface area contributed by atoms with Gasteiger partial charge in [0, 0.05) is 15.6 Å². The van der Waals surface area contributed by atoms with Crippen molar-refractivity contribution in [1.82, 2.24) is 0 Å². The molecule has 0 atom stereocenters. The van der Waals surface area contributed by atoms with Gasteiger partial charge in [-0.15, -0.1) is 11.3 Å². The minimum absolute atomic E-state index is 0.182. The minimum Gasteiger partial charge on any atom is -0.489 e. The molecule has 0 saturated heterocycles. The molecule has 0 unspecified atom stereocenters. The van der Waals surface area contributed by atoms with Gasteiger partial charge in [-0.1, -0.05) is 41.9 Å². The highest BCUT2D eigenvalue weighted by Gasteiger charge is 2.22. The van der Waals surface area contributed by atoms with Crippen molar-refractivity contribution in [3.63, 3.8) is 0 Å².